The van der Waals surface area contributed by atoms with Crippen LogP contribution in [0.3, 0.4) is 0 Å². The average molecular weight is 441 g/mol. The SMILES string of the molecule is CCCC1C(=O)N=C2c3ccccc3N=C(SC(C)C(=O)Nc3ccc(Cl)cc3)N21. The van der Waals surface area contributed by atoms with Gasteiger partial charge in [-0.3, -0.25) is 14.5 Å². The van der Waals surface area contributed by atoms with Crippen molar-refractivity contribution >= 4 is 57.6 Å². The molecule has 0 aliphatic carbocycles. The predicted octanol–water partition coefficient (Wildman–Crippen LogP) is 4.86. The van der Waals surface area contributed by atoms with Gasteiger partial charge >= 0.3 is 0 Å². The molecule has 2 heterocycles. The van der Waals surface area contributed by atoms with Crippen molar-refractivity contribution in [2.24, 2.45) is 9.98 Å². The molecule has 0 fully saturated rings. The van der Waals surface area contributed by atoms with E-state index in [1.54, 1.807) is 24.3 Å². The van der Waals surface area contributed by atoms with Gasteiger partial charge in [-0.25, -0.2) is 4.99 Å². The number of halogens is 1. The molecule has 0 radical (unpaired) electrons. The van der Waals surface area contributed by atoms with E-state index < -0.39 is 5.25 Å². The minimum absolute atomic E-state index is 0.153. The Labute approximate surface area is 184 Å². The molecule has 2 aliphatic rings. The van der Waals surface area contributed by atoms with Crippen LogP contribution < -0.4 is 5.32 Å². The molecule has 4 rings (SSSR count). The highest BCUT2D eigenvalue weighted by Crippen LogP contribution is 2.36. The van der Waals surface area contributed by atoms with E-state index in [2.05, 4.69) is 10.3 Å². The molecule has 0 aromatic heterocycles. The number of benzene rings is 2. The van der Waals surface area contributed by atoms with Crippen molar-refractivity contribution in [1.82, 2.24) is 4.90 Å². The van der Waals surface area contributed by atoms with Gasteiger partial charge in [-0.1, -0.05) is 48.8 Å². The van der Waals surface area contributed by atoms with Crippen LogP contribution in [-0.4, -0.2) is 39.0 Å². The number of fused-ring (bicyclic) bond motifs is 3. The summed E-state index contributed by atoms with van der Waals surface area (Å²) in [6, 6.07) is 14.2. The minimum atomic E-state index is -0.427. The first-order valence-electron chi connectivity index (χ1n) is 9.81. The number of anilines is 1. The summed E-state index contributed by atoms with van der Waals surface area (Å²) in [5, 5.41) is 3.70. The van der Waals surface area contributed by atoms with E-state index in [1.165, 1.54) is 11.8 Å². The van der Waals surface area contributed by atoms with Crippen molar-refractivity contribution in [2.45, 2.75) is 38.0 Å². The molecule has 30 heavy (non-hydrogen) atoms. The third-order valence-corrected chi connectivity index (χ3v) is 6.25. The van der Waals surface area contributed by atoms with Crippen LogP contribution in [-0.2, 0) is 9.59 Å². The number of nitrogens with one attached hydrogen (secondary N) is 1. The number of rotatable bonds is 5. The topological polar surface area (TPSA) is 74.1 Å². The summed E-state index contributed by atoms with van der Waals surface area (Å²) in [7, 11) is 0. The second kappa shape index (κ2) is 8.62. The second-order valence-corrected chi connectivity index (χ2v) is 8.86. The van der Waals surface area contributed by atoms with Crippen LogP contribution in [0.1, 0.15) is 32.3 Å². The number of thioether (sulfide) groups is 1. The molecule has 154 valence electrons. The maximum absolute atomic E-state index is 12.7. The van der Waals surface area contributed by atoms with Crippen LogP contribution >= 0.6 is 23.4 Å². The van der Waals surface area contributed by atoms with Gasteiger partial charge in [-0.2, -0.15) is 4.99 Å². The third kappa shape index (κ3) is 4.00. The Morgan fingerprint density at radius 1 is 1.20 bits per heavy atom. The predicted molar refractivity (Wildman–Crippen MR) is 123 cm³/mol. The van der Waals surface area contributed by atoms with Crippen LogP contribution in [0.2, 0.25) is 5.02 Å². The van der Waals surface area contributed by atoms with Crippen LogP contribution in [0, 0.1) is 0 Å². The fraction of sp³-hybridized carbons (Fsp3) is 0.273. The number of para-hydroxylation sites is 1. The Kier molecular flexibility index (Phi) is 5.92. The molecule has 2 aromatic rings. The van der Waals surface area contributed by atoms with Crippen molar-refractivity contribution in [3.8, 4) is 0 Å². The maximum atomic E-state index is 12.7. The molecule has 0 saturated heterocycles. The zero-order valence-corrected chi connectivity index (χ0v) is 18.2. The van der Waals surface area contributed by atoms with Gasteiger partial charge < -0.3 is 5.32 Å². The maximum Gasteiger partial charge on any atom is 0.270 e. The highest BCUT2D eigenvalue weighted by molar-refractivity contribution is 8.14. The van der Waals surface area contributed by atoms with Crippen LogP contribution in [0.15, 0.2) is 58.5 Å². The number of hydrogen-bond acceptors (Lipinski definition) is 5. The van der Waals surface area contributed by atoms with E-state index in [-0.39, 0.29) is 17.9 Å². The molecule has 1 N–H and O–H groups in total. The molecule has 2 aliphatic heterocycles. The zero-order chi connectivity index (χ0) is 21.3. The largest absolute Gasteiger partial charge is 0.325 e. The zero-order valence-electron chi connectivity index (χ0n) is 16.6. The summed E-state index contributed by atoms with van der Waals surface area (Å²) >= 11 is 7.23. The van der Waals surface area contributed by atoms with E-state index in [9.17, 15) is 9.59 Å². The monoisotopic (exact) mass is 440 g/mol. The van der Waals surface area contributed by atoms with Crippen molar-refractivity contribution in [1.29, 1.82) is 0 Å². The van der Waals surface area contributed by atoms with Gasteiger partial charge in [0.15, 0.2) is 5.17 Å². The fourth-order valence-electron chi connectivity index (χ4n) is 3.42. The van der Waals surface area contributed by atoms with Gasteiger partial charge in [0, 0.05) is 16.3 Å². The average Bonchev–Trinajstić information content (AvgIpc) is 3.07. The Hall–Kier alpha value is -2.64. The molecule has 2 atom stereocenters. The van der Waals surface area contributed by atoms with E-state index in [0.29, 0.717) is 28.1 Å². The van der Waals surface area contributed by atoms with Crippen LogP contribution in [0.25, 0.3) is 0 Å². The molecule has 0 bridgehead atoms. The number of amides is 2. The molecule has 2 amide bonds. The van der Waals surface area contributed by atoms with Crippen molar-refractivity contribution in [2.75, 3.05) is 5.32 Å². The molecule has 2 unspecified atom stereocenters. The Morgan fingerprint density at radius 3 is 2.67 bits per heavy atom. The summed E-state index contributed by atoms with van der Waals surface area (Å²) in [4.78, 5) is 36.3. The lowest BCUT2D eigenvalue weighted by Crippen LogP contribution is -2.44. The molecule has 8 heteroatoms. The Bertz CT molecular complexity index is 1050. The smallest absolute Gasteiger partial charge is 0.270 e. The normalized spacial score (nSPS) is 18.3. The number of carbonyl (C=O) groups is 2. The Balaban J connectivity index is 1.59. The Morgan fingerprint density at radius 2 is 1.93 bits per heavy atom. The number of amidine groups is 2. The van der Waals surface area contributed by atoms with Crippen molar-refractivity contribution in [3.05, 3.63) is 59.1 Å². The number of aliphatic imine (C=N–C) groups is 2. The highest BCUT2D eigenvalue weighted by Gasteiger charge is 2.41. The second-order valence-electron chi connectivity index (χ2n) is 7.12. The number of carbonyl (C=O) groups excluding carboxylic acids is 2. The van der Waals surface area contributed by atoms with E-state index >= 15 is 0 Å². The first-order chi connectivity index (χ1) is 14.5. The first-order valence-corrected chi connectivity index (χ1v) is 11.1. The summed E-state index contributed by atoms with van der Waals surface area (Å²) in [5.74, 6) is 0.312. The fourth-order valence-corrected chi connectivity index (χ4v) is 4.51. The lowest BCUT2D eigenvalue weighted by atomic mass is 10.1. The van der Waals surface area contributed by atoms with Gasteiger partial charge in [0.05, 0.1) is 10.9 Å². The summed E-state index contributed by atoms with van der Waals surface area (Å²) in [6.45, 7) is 3.86. The van der Waals surface area contributed by atoms with Gasteiger partial charge in [0.2, 0.25) is 5.91 Å². The van der Waals surface area contributed by atoms with E-state index in [1.807, 2.05) is 43.0 Å². The van der Waals surface area contributed by atoms with Crippen molar-refractivity contribution < 1.29 is 9.59 Å². The molecule has 2 aromatic carbocycles. The lowest BCUT2D eigenvalue weighted by Gasteiger charge is -2.31. The van der Waals surface area contributed by atoms with Gasteiger partial charge in [0.25, 0.3) is 5.91 Å². The number of hydrogen-bond donors (Lipinski definition) is 1. The van der Waals surface area contributed by atoms with Gasteiger partial charge in [0.1, 0.15) is 11.9 Å². The van der Waals surface area contributed by atoms with E-state index in [4.69, 9.17) is 16.6 Å². The third-order valence-electron chi connectivity index (χ3n) is 4.93. The van der Waals surface area contributed by atoms with Crippen molar-refractivity contribution in [3.63, 3.8) is 0 Å². The first kappa shape index (κ1) is 20.6. The lowest BCUT2D eigenvalue weighted by molar-refractivity contribution is -0.119. The van der Waals surface area contributed by atoms with Gasteiger partial charge in [-0.05, 0) is 49.7 Å². The molecular weight excluding hydrogens is 420 g/mol. The number of nitrogens with zero attached hydrogens (tertiary/aromatic N) is 3. The minimum Gasteiger partial charge on any atom is -0.325 e. The summed E-state index contributed by atoms with van der Waals surface area (Å²) in [6.07, 6.45) is 1.53. The van der Waals surface area contributed by atoms with Gasteiger partial charge in [-0.15, -0.1) is 0 Å². The molecule has 6 nitrogen and oxygen atoms in total. The van der Waals surface area contributed by atoms with Crippen LogP contribution in [0.4, 0.5) is 11.4 Å². The summed E-state index contributed by atoms with van der Waals surface area (Å²) < 4.78 is 0. The molecule has 0 saturated carbocycles. The summed E-state index contributed by atoms with van der Waals surface area (Å²) in [5.41, 5.74) is 2.27. The molecular formula is C22H21ClN4O2S. The molecule has 0 spiro atoms. The van der Waals surface area contributed by atoms with E-state index in [0.717, 1.165) is 17.7 Å². The van der Waals surface area contributed by atoms with Crippen LogP contribution in [0.5, 0.6) is 0 Å². The standard InChI is InChI=1S/C22H21ClN4O2S/c1-3-6-18-21(29)26-19-16-7-4-5-8-17(16)25-22(27(18)19)30-13(2)20(28)24-15-11-9-14(23)10-12-15/h4-5,7-13,18H,3,6H2,1-2H3,(H,24,28). The quantitative estimate of drug-likeness (QED) is 0.720. The highest BCUT2D eigenvalue weighted by atomic mass is 35.5.